The van der Waals surface area contributed by atoms with E-state index in [9.17, 15) is 14.4 Å². The lowest BCUT2D eigenvalue weighted by Gasteiger charge is -2.09. The molecule has 1 aromatic heterocycles. The topological polar surface area (TPSA) is 85.5 Å². The SMILES string of the molecule is COC(=O)c1c(C)[nH]c(C(=O)COc2cccc3c2CCC3=O)c1C. The Morgan fingerprint density at radius 1 is 1.20 bits per heavy atom. The third kappa shape index (κ3) is 2.95. The minimum absolute atomic E-state index is 0.102. The average molecular weight is 341 g/mol. The van der Waals surface area contributed by atoms with Crippen molar-refractivity contribution in [2.75, 3.05) is 13.7 Å². The summed E-state index contributed by atoms with van der Waals surface area (Å²) < 4.78 is 10.4. The van der Waals surface area contributed by atoms with Crippen LogP contribution in [0.5, 0.6) is 5.75 Å². The van der Waals surface area contributed by atoms with Crippen molar-refractivity contribution in [1.29, 1.82) is 0 Å². The highest BCUT2D eigenvalue weighted by Gasteiger charge is 2.25. The van der Waals surface area contributed by atoms with Gasteiger partial charge < -0.3 is 14.5 Å². The van der Waals surface area contributed by atoms with Crippen LogP contribution in [0.15, 0.2) is 18.2 Å². The number of rotatable bonds is 5. The Balaban J connectivity index is 1.79. The minimum Gasteiger partial charge on any atom is -0.485 e. The molecule has 25 heavy (non-hydrogen) atoms. The molecule has 0 radical (unpaired) electrons. The third-order valence-electron chi connectivity index (χ3n) is 4.50. The van der Waals surface area contributed by atoms with Crippen LogP contribution in [0, 0.1) is 13.8 Å². The highest BCUT2D eigenvalue weighted by Crippen LogP contribution is 2.30. The maximum Gasteiger partial charge on any atom is 0.339 e. The van der Waals surface area contributed by atoms with Crippen LogP contribution in [-0.4, -0.2) is 36.2 Å². The average Bonchev–Trinajstić information content (AvgIpc) is 3.12. The summed E-state index contributed by atoms with van der Waals surface area (Å²) in [4.78, 5) is 39.0. The standard InChI is InChI=1S/C19H19NO5/c1-10-17(19(23)24-3)11(2)20-18(10)15(22)9-25-16-6-4-5-12-13(16)7-8-14(12)21/h4-6,20H,7-9H2,1-3H3. The van der Waals surface area contributed by atoms with Gasteiger partial charge in [-0.1, -0.05) is 12.1 Å². The Hall–Kier alpha value is -2.89. The number of aryl methyl sites for hydroxylation is 1. The summed E-state index contributed by atoms with van der Waals surface area (Å²) in [5.74, 6) is -0.0838. The Kier molecular flexibility index (Phi) is 4.44. The van der Waals surface area contributed by atoms with Gasteiger partial charge in [-0.2, -0.15) is 0 Å². The number of fused-ring (bicyclic) bond motifs is 1. The van der Waals surface area contributed by atoms with Crippen LogP contribution < -0.4 is 4.74 Å². The molecule has 0 spiro atoms. The van der Waals surface area contributed by atoms with Gasteiger partial charge in [-0.3, -0.25) is 9.59 Å². The fourth-order valence-corrected chi connectivity index (χ4v) is 3.25. The molecule has 0 saturated carbocycles. The second-order valence-corrected chi connectivity index (χ2v) is 6.03. The highest BCUT2D eigenvalue weighted by molar-refractivity contribution is 6.02. The summed E-state index contributed by atoms with van der Waals surface area (Å²) >= 11 is 0. The predicted octanol–water partition coefficient (Wildman–Crippen LogP) is 2.81. The fraction of sp³-hybridized carbons (Fsp3) is 0.316. The molecule has 0 aliphatic heterocycles. The smallest absolute Gasteiger partial charge is 0.339 e. The van der Waals surface area contributed by atoms with E-state index in [0.29, 0.717) is 46.7 Å². The fourth-order valence-electron chi connectivity index (χ4n) is 3.25. The zero-order valence-corrected chi connectivity index (χ0v) is 14.4. The zero-order valence-electron chi connectivity index (χ0n) is 14.4. The van der Waals surface area contributed by atoms with Crippen molar-refractivity contribution in [3.05, 3.63) is 51.8 Å². The van der Waals surface area contributed by atoms with Crippen molar-refractivity contribution in [2.24, 2.45) is 0 Å². The molecule has 0 bridgehead atoms. The number of methoxy groups -OCH3 is 1. The molecule has 6 nitrogen and oxygen atoms in total. The number of hydrogen-bond donors (Lipinski definition) is 1. The lowest BCUT2D eigenvalue weighted by molar-refractivity contribution is 0.0599. The molecule has 2 aromatic rings. The normalized spacial score (nSPS) is 12.8. The summed E-state index contributed by atoms with van der Waals surface area (Å²) in [5.41, 5.74) is 3.36. The van der Waals surface area contributed by atoms with Gasteiger partial charge in [0.05, 0.1) is 18.4 Å². The Morgan fingerprint density at radius 3 is 2.68 bits per heavy atom. The van der Waals surface area contributed by atoms with Crippen LogP contribution in [0.4, 0.5) is 0 Å². The van der Waals surface area contributed by atoms with Gasteiger partial charge in [-0.15, -0.1) is 0 Å². The van der Waals surface area contributed by atoms with Gasteiger partial charge in [-0.05, 0) is 31.9 Å². The molecule has 1 aliphatic rings. The molecule has 0 fully saturated rings. The number of aromatic amines is 1. The van der Waals surface area contributed by atoms with Crippen LogP contribution in [0.2, 0.25) is 0 Å². The Labute approximate surface area is 145 Å². The number of Topliss-reactive ketones (excluding diaryl/α,β-unsaturated/α-hetero) is 2. The van der Waals surface area contributed by atoms with Crippen molar-refractivity contribution in [3.63, 3.8) is 0 Å². The molecule has 0 saturated heterocycles. The summed E-state index contributed by atoms with van der Waals surface area (Å²) in [5, 5.41) is 0. The number of carbonyl (C=O) groups excluding carboxylic acids is 3. The largest absolute Gasteiger partial charge is 0.485 e. The molecule has 3 rings (SSSR count). The molecule has 1 heterocycles. The Bertz CT molecular complexity index is 878. The molecule has 0 amide bonds. The molecule has 0 unspecified atom stereocenters. The summed E-state index contributed by atoms with van der Waals surface area (Å²) in [7, 11) is 1.30. The van der Waals surface area contributed by atoms with E-state index in [-0.39, 0.29) is 18.2 Å². The minimum atomic E-state index is -0.481. The van der Waals surface area contributed by atoms with Gasteiger partial charge in [0.25, 0.3) is 0 Å². The number of nitrogens with one attached hydrogen (secondary N) is 1. The van der Waals surface area contributed by atoms with Crippen molar-refractivity contribution >= 4 is 17.5 Å². The second-order valence-electron chi connectivity index (χ2n) is 6.03. The number of carbonyl (C=O) groups is 3. The second kappa shape index (κ2) is 6.55. The number of aromatic nitrogens is 1. The maximum atomic E-state index is 12.5. The van der Waals surface area contributed by atoms with E-state index in [1.807, 2.05) is 0 Å². The molecular weight excluding hydrogens is 322 g/mol. The van der Waals surface area contributed by atoms with Crippen molar-refractivity contribution in [2.45, 2.75) is 26.7 Å². The van der Waals surface area contributed by atoms with Crippen LogP contribution in [0.3, 0.4) is 0 Å². The first-order chi connectivity index (χ1) is 11.9. The van der Waals surface area contributed by atoms with Gasteiger partial charge in [0, 0.05) is 23.2 Å². The van der Waals surface area contributed by atoms with E-state index in [0.717, 1.165) is 5.56 Å². The van der Waals surface area contributed by atoms with Gasteiger partial charge in [0.2, 0.25) is 5.78 Å². The summed E-state index contributed by atoms with van der Waals surface area (Å²) in [6.45, 7) is 3.24. The lowest BCUT2D eigenvalue weighted by atomic mass is 10.1. The highest BCUT2D eigenvalue weighted by atomic mass is 16.5. The van der Waals surface area contributed by atoms with Crippen LogP contribution in [0.1, 0.15) is 54.4 Å². The van der Waals surface area contributed by atoms with E-state index < -0.39 is 5.97 Å². The quantitative estimate of drug-likeness (QED) is 0.668. The molecule has 0 atom stereocenters. The third-order valence-corrected chi connectivity index (χ3v) is 4.50. The van der Waals surface area contributed by atoms with Gasteiger partial charge in [-0.25, -0.2) is 4.79 Å². The summed E-state index contributed by atoms with van der Waals surface area (Å²) in [6, 6.07) is 5.29. The number of hydrogen-bond acceptors (Lipinski definition) is 5. The number of H-pyrrole nitrogens is 1. The number of benzene rings is 1. The molecule has 6 heteroatoms. The van der Waals surface area contributed by atoms with Crippen molar-refractivity contribution in [1.82, 2.24) is 4.98 Å². The van der Waals surface area contributed by atoms with Crippen LogP contribution in [-0.2, 0) is 11.2 Å². The van der Waals surface area contributed by atoms with Crippen LogP contribution >= 0.6 is 0 Å². The van der Waals surface area contributed by atoms with Gasteiger partial charge >= 0.3 is 5.97 Å². The van der Waals surface area contributed by atoms with E-state index in [1.165, 1.54) is 7.11 Å². The molecular formula is C19H19NO5. The first-order valence-electron chi connectivity index (χ1n) is 8.02. The molecule has 1 aromatic carbocycles. The lowest BCUT2D eigenvalue weighted by Crippen LogP contribution is -2.14. The van der Waals surface area contributed by atoms with E-state index in [2.05, 4.69) is 4.98 Å². The molecule has 130 valence electrons. The van der Waals surface area contributed by atoms with Crippen molar-refractivity contribution in [3.8, 4) is 5.75 Å². The predicted molar refractivity (Wildman–Crippen MR) is 90.5 cm³/mol. The van der Waals surface area contributed by atoms with Gasteiger partial charge in [0.15, 0.2) is 12.4 Å². The summed E-state index contributed by atoms with van der Waals surface area (Å²) in [6.07, 6.45) is 1.10. The van der Waals surface area contributed by atoms with Crippen LogP contribution in [0.25, 0.3) is 0 Å². The molecule has 1 aliphatic carbocycles. The molecule has 1 N–H and O–H groups in total. The van der Waals surface area contributed by atoms with E-state index >= 15 is 0 Å². The zero-order chi connectivity index (χ0) is 18.1. The number of ketones is 2. The first-order valence-corrected chi connectivity index (χ1v) is 8.02. The first kappa shape index (κ1) is 17.0. The maximum absolute atomic E-state index is 12.5. The van der Waals surface area contributed by atoms with E-state index in [1.54, 1.807) is 32.0 Å². The number of ether oxygens (including phenoxy) is 2. The monoisotopic (exact) mass is 341 g/mol. The Morgan fingerprint density at radius 2 is 1.96 bits per heavy atom. The van der Waals surface area contributed by atoms with Crippen molar-refractivity contribution < 1.29 is 23.9 Å². The van der Waals surface area contributed by atoms with Gasteiger partial charge in [0.1, 0.15) is 5.75 Å². The number of esters is 1. The van der Waals surface area contributed by atoms with E-state index in [4.69, 9.17) is 9.47 Å².